The van der Waals surface area contributed by atoms with E-state index in [1.54, 1.807) is 12.1 Å². The van der Waals surface area contributed by atoms with Crippen LogP contribution in [-0.2, 0) is 9.47 Å². The molecule has 2 unspecified atom stereocenters. The fraction of sp³-hybridized carbons (Fsp3) is 0.588. The van der Waals surface area contributed by atoms with E-state index >= 15 is 0 Å². The van der Waals surface area contributed by atoms with Gasteiger partial charge in [-0.1, -0.05) is 0 Å². The number of rotatable bonds is 6. The summed E-state index contributed by atoms with van der Waals surface area (Å²) in [6, 6.07) is 9.25. The van der Waals surface area contributed by atoms with Crippen molar-refractivity contribution >= 4 is 0 Å². The second-order valence-electron chi connectivity index (χ2n) is 5.56. The van der Waals surface area contributed by atoms with Crippen molar-refractivity contribution in [3.63, 3.8) is 0 Å². The summed E-state index contributed by atoms with van der Waals surface area (Å²) in [5, 5.41) is 8.72. The van der Waals surface area contributed by atoms with Crippen molar-refractivity contribution in [3.05, 3.63) is 29.8 Å². The predicted octanol–water partition coefficient (Wildman–Crippen LogP) is 3.30. The highest BCUT2D eigenvalue weighted by Gasteiger charge is 2.24. The van der Waals surface area contributed by atoms with Crippen molar-refractivity contribution in [2.45, 2.75) is 51.4 Å². The first-order valence-corrected chi connectivity index (χ1v) is 7.57. The van der Waals surface area contributed by atoms with Gasteiger partial charge in [-0.25, -0.2) is 0 Å². The van der Waals surface area contributed by atoms with Crippen molar-refractivity contribution < 1.29 is 14.2 Å². The fourth-order valence-corrected chi connectivity index (χ4v) is 2.61. The maximum atomic E-state index is 8.72. The maximum absolute atomic E-state index is 8.72. The van der Waals surface area contributed by atoms with Crippen LogP contribution in [0.5, 0.6) is 5.75 Å². The molecular formula is C17H23NO3. The average Bonchev–Trinajstić information content (AvgIpc) is 2.46. The van der Waals surface area contributed by atoms with Crippen LogP contribution in [0.1, 0.15) is 38.7 Å². The summed E-state index contributed by atoms with van der Waals surface area (Å²) in [6.45, 7) is 5.53. The Morgan fingerprint density at radius 2 is 1.81 bits per heavy atom. The molecule has 0 amide bonds. The molecule has 0 spiro atoms. The van der Waals surface area contributed by atoms with Gasteiger partial charge in [-0.15, -0.1) is 0 Å². The number of nitriles is 1. The molecule has 0 saturated carbocycles. The lowest BCUT2D eigenvalue weighted by molar-refractivity contribution is -0.102. The van der Waals surface area contributed by atoms with Crippen LogP contribution in [0.4, 0.5) is 0 Å². The average molecular weight is 289 g/mol. The Bertz CT molecular complexity index is 456. The Kier molecular flexibility index (Phi) is 6.04. The minimum Gasteiger partial charge on any atom is -0.494 e. The zero-order valence-electron chi connectivity index (χ0n) is 12.7. The first-order chi connectivity index (χ1) is 10.2. The van der Waals surface area contributed by atoms with Gasteiger partial charge in [0.25, 0.3) is 0 Å². The summed E-state index contributed by atoms with van der Waals surface area (Å²) in [5.74, 6) is 0.794. The van der Waals surface area contributed by atoms with Gasteiger partial charge in [0.05, 0.1) is 43.2 Å². The lowest BCUT2D eigenvalue weighted by Crippen LogP contribution is -2.34. The van der Waals surface area contributed by atoms with Crippen LogP contribution in [0.3, 0.4) is 0 Å². The lowest BCUT2D eigenvalue weighted by atomic mass is 10.0. The van der Waals surface area contributed by atoms with Gasteiger partial charge in [0.2, 0.25) is 0 Å². The zero-order valence-corrected chi connectivity index (χ0v) is 12.7. The van der Waals surface area contributed by atoms with E-state index in [9.17, 15) is 0 Å². The molecule has 4 heteroatoms. The summed E-state index contributed by atoms with van der Waals surface area (Å²) in [4.78, 5) is 0. The Labute approximate surface area is 126 Å². The second kappa shape index (κ2) is 8.02. The Balaban J connectivity index is 1.60. The molecule has 1 aromatic rings. The third-order valence-electron chi connectivity index (χ3n) is 3.55. The van der Waals surface area contributed by atoms with E-state index in [1.165, 1.54) is 0 Å². The molecule has 1 heterocycles. The molecule has 1 aromatic carbocycles. The number of ether oxygens (including phenoxy) is 3. The third-order valence-corrected chi connectivity index (χ3v) is 3.55. The molecule has 1 saturated heterocycles. The Morgan fingerprint density at radius 3 is 2.43 bits per heavy atom. The molecule has 114 valence electrons. The summed E-state index contributed by atoms with van der Waals surface area (Å²) >= 11 is 0. The van der Waals surface area contributed by atoms with Crippen LogP contribution in [0.15, 0.2) is 24.3 Å². The minimum absolute atomic E-state index is 0.286. The monoisotopic (exact) mass is 289 g/mol. The van der Waals surface area contributed by atoms with Gasteiger partial charge in [0.15, 0.2) is 0 Å². The van der Waals surface area contributed by atoms with Crippen LogP contribution in [0.25, 0.3) is 0 Å². The number of hydrogen-bond acceptors (Lipinski definition) is 4. The van der Waals surface area contributed by atoms with Crippen LogP contribution >= 0.6 is 0 Å². The quantitative estimate of drug-likeness (QED) is 0.754. The van der Waals surface area contributed by atoms with Gasteiger partial charge in [-0.2, -0.15) is 5.26 Å². The van der Waals surface area contributed by atoms with E-state index in [2.05, 4.69) is 19.9 Å². The molecule has 2 rings (SSSR count). The van der Waals surface area contributed by atoms with Crippen molar-refractivity contribution in [2.75, 3.05) is 13.2 Å². The molecular weight excluding hydrogens is 266 g/mol. The normalized spacial score (nSPS) is 25.3. The summed E-state index contributed by atoms with van der Waals surface area (Å²) < 4.78 is 17.2. The number of nitrogens with zero attached hydrogens (tertiary/aromatic N) is 1. The van der Waals surface area contributed by atoms with E-state index in [-0.39, 0.29) is 12.2 Å². The molecule has 1 fully saturated rings. The standard InChI is InChI=1S/C17H23NO3/c1-13-10-17(11-14(2)21-13)20-9-3-8-19-16-6-4-15(12-18)5-7-16/h4-7,13-14,17H,3,8-11H2,1-2H3. The molecule has 2 atom stereocenters. The minimum atomic E-state index is 0.286. The first-order valence-electron chi connectivity index (χ1n) is 7.57. The Morgan fingerprint density at radius 1 is 1.14 bits per heavy atom. The highest BCUT2D eigenvalue weighted by molar-refractivity contribution is 5.34. The lowest BCUT2D eigenvalue weighted by Gasteiger charge is -2.32. The molecule has 21 heavy (non-hydrogen) atoms. The van der Waals surface area contributed by atoms with Crippen LogP contribution in [0.2, 0.25) is 0 Å². The highest BCUT2D eigenvalue weighted by atomic mass is 16.5. The van der Waals surface area contributed by atoms with Crippen molar-refractivity contribution in [1.82, 2.24) is 0 Å². The van der Waals surface area contributed by atoms with Gasteiger partial charge in [-0.3, -0.25) is 0 Å². The zero-order chi connectivity index (χ0) is 15.1. The van der Waals surface area contributed by atoms with Gasteiger partial charge in [-0.05, 0) is 51.0 Å². The van der Waals surface area contributed by atoms with Crippen molar-refractivity contribution in [2.24, 2.45) is 0 Å². The van der Waals surface area contributed by atoms with Gasteiger partial charge < -0.3 is 14.2 Å². The van der Waals surface area contributed by atoms with Crippen molar-refractivity contribution in [3.8, 4) is 11.8 Å². The molecule has 1 aliphatic rings. The maximum Gasteiger partial charge on any atom is 0.119 e. The number of hydrogen-bond donors (Lipinski definition) is 0. The molecule has 0 aromatic heterocycles. The van der Waals surface area contributed by atoms with E-state index in [0.717, 1.165) is 25.0 Å². The molecule has 4 nitrogen and oxygen atoms in total. The summed E-state index contributed by atoms with van der Waals surface area (Å²) in [5.41, 5.74) is 0.647. The second-order valence-corrected chi connectivity index (χ2v) is 5.56. The Hall–Kier alpha value is -1.57. The third kappa shape index (κ3) is 5.37. The van der Waals surface area contributed by atoms with Crippen LogP contribution < -0.4 is 4.74 Å². The molecule has 0 bridgehead atoms. The molecule has 0 radical (unpaired) electrons. The topological polar surface area (TPSA) is 51.5 Å². The van der Waals surface area contributed by atoms with Crippen LogP contribution in [-0.4, -0.2) is 31.5 Å². The highest BCUT2D eigenvalue weighted by Crippen LogP contribution is 2.21. The van der Waals surface area contributed by atoms with Gasteiger partial charge in [0.1, 0.15) is 5.75 Å². The van der Waals surface area contributed by atoms with Gasteiger partial charge in [0, 0.05) is 6.42 Å². The summed E-state index contributed by atoms with van der Waals surface area (Å²) in [6.07, 6.45) is 3.68. The first kappa shape index (κ1) is 15.8. The van der Waals surface area contributed by atoms with Crippen molar-refractivity contribution in [1.29, 1.82) is 5.26 Å². The molecule has 0 N–H and O–H groups in total. The van der Waals surface area contributed by atoms with E-state index in [4.69, 9.17) is 19.5 Å². The van der Waals surface area contributed by atoms with E-state index in [1.807, 2.05) is 12.1 Å². The van der Waals surface area contributed by atoms with Crippen LogP contribution in [0, 0.1) is 11.3 Å². The van der Waals surface area contributed by atoms with E-state index in [0.29, 0.717) is 24.9 Å². The number of benzene rings is 1. The summed E-state index contributed by atoms with van der Waals surface area (Å²) in [7, 11) is 0. The fourth-order valence-electron chi connectivity index (χ4n) is 2.61. The van der Waals surface area contributed by atoms with Gasteiger partial charge >= 0.3 is 0 Å². The largest absolute Gasteiger partial charge is 0.494 e. The SMILES string of the molecule is CC1CC(OCCCOc2ccc(C#N)cc2)CC(C)O1. The van der Waals surface area contributed by atoms with E-state index < -0.39 is 0 Å². The predicted molar refractivity (Wildman–Crippen MR) is 80.3 cm³/mol. The molecule has 0 aliphatic carbocycles. The smallest absolute Gasteiger partial charge is 0.119 e. The molecule has 1 aliphatic heterocycles.